The second kappa shape index (κ2) is 12.2. The molecule has 254 valence electrons. The Morgan fingerprint density at radius 3 is 2.13 bits per heavy atom. The van der Waals surface area contributed by atoms with Gasteiger partial charge in [-0.3, -0.25) is 4.57 Å². The molecule has 4 heterocycles. The number of rotatable bonds is 5. The lowest BCUT2D eigenvalue weighted by atomic mass is 9.90. The van der Waals surface area contributed by atoms with Gasteiger partial charge < -0.3 is 4.90 Å². The van der Waals surface area contributed by atoms with Gasteiger partial charge in [-0.15, -0.1) is 0 Å². The van der Waals surface area contributed by atoms with Crippen LogP contribution < -0.4 is 4.90 Å². The average Bonchev–Trinajstić information content (AvgIpc) is 3.75. The van der Waals surface area contributed by atoms with Crippen LogP contribution in [0.15, 0.2) is 176 Å². The lowest BCUT2D eigenvalue weighted by Crippen LogP contribution is -2.28. The average molecular weight is 694 g/mol. The molecule has 7 heteroatoms. The molecule has 3 aromatic heterocycles. The maximum absolute atomic E-state index is 5.22. The number of hydrogen-bond acceptors (Lipinski definition) is 6. The van der Waals surface area contributed by atoms with Crippen LogP contribution in [0.25, 0.3) is 72.8 Å². The van der Waals surface area contributed by atoms with Crippen LogP contribution in [-0.2, 0) is 0 Å². The van der Waals surface area contributed by atoms with Crippen LogP contribution in [0.3, 0.4) is 0 Å². The fraction of sp³-hybridized carbons (Fsp3) is 0.0426. The van der Waals surface area contributed by atoms with Gasteiger partial charge in [0.2, 0.25) is 5.95 Å². The van der Waals surface area contributed by atoms with Crippen LogP contribution in [0.1, 0.15) is 11.5 Å². The highest BCUT2D eigenvalue weighted by atomic mass is 15.2. The molecule has 0 saturated heterocycles. The van der Waals surface area contributed by atoms with Crippen molar-refractivity contribution in [2.24, 2.45) is 0 Å². The first-order valence-corrected chi connectivity index (χ1v) is 18.2. The van der Waals surface area contributed by atoms with Crippen molar-refractivity contribution in [1.82, 2.24) is 29.5 Å². The Kier molecular flexibility index (Phi) is 6.85. The van der Waals surface area contributed by atoms with Gasteiger partial charge in [0.25, 0.3) is 0 Å². The topological polar surface area (TPSA) is 72.6 Å². The molecule has 0 radical (unpaired) electrons. The minimum absolute atomic E-state index is 0.191. The third-order valence-corrected chi connectivity index (χ3v) is 10.6. The fourth-order valence-corrected chi connectivity index (χ4v) is 8.23. The summed E-state index contributed by atoms with van der Waals surface area (Å²) in [5.74, 6) is 2.45. The Labute approximate surface area is 311 Å². The molecule has 1 aliphatic heterocycles. The molecular weight excluding hydrogens is 663 g/mol. The summed E-state index contributed by atoms with van der Waals surface area (Å²) in [5, 5.41) is 4.52. The van der Waals surface area contributed by atoms with Crippen LogP contribution in [0.2, 0.25) is 0 Å². The summed E-state index contributed by atoms with van der Waals surface area (Å²) < 4.78 is 2.18. The van der Waals surface area contributed by atoms with Gasteiger partial charge in [0, 0.05) is 45.4 Å². The minimum atomic E-state index is 0.191. The Balaban J connectivity index is 1.12. The molecule has 0 fully saturated rings. The van der Waals surface area contributed by atoms with Crippen molar-refractivity contribution in [3.63, 3.8) is 0 Å². The highest BCUT2D eigenvalue weighted by Gasteiger charge is 2.38. The molecule has 1 aliphatic carbocycles. The zero-order valence-electron chi connectivity index (χ0n) is 29.0. The van der Waals surface area contributed by atoms with Crippen LogP contribution in [-0.4, -0.2) is 35.5 Å². The molecule has 9 aromatic rings. The maximum atomic E-state index is 5.22. The number of para-hydroxylation sites is 2. The highest BCUT2D eigenvalue weighted by Crippen LogP contribution is 2.50. The molecular formula is C47H31N7. The van der Waals surface area contributed by atoms with E-state index in [0.717, 1.165) is 44.0 Å². The van der Waals surface area contributed by atoms with E-state index in [1.807, 2.05) is 54.6 Å². The van der Waals surface area contributed by atoms with E-state index in [2.05, 4.69) is 125 Å². The van der Waals surface area contributed by atoms with E-state index in [1.54, 1.807) is 6.20 Å². The fourth-order valence-electron chi connectivity index (χ4n) is 8.23. The number of hydrogen-bond donors (Lipinski definition) is 0. The zero-order valence-corrected chi connectivity index (χ0v) is 29.0. The Morgan fingerprint density at radius 1 is 0.519 bits per heavy atom. The molecule has 6 aromatic carbocycles. The van der Waals surface area contributed by atoms with Gasteiger partial charge in [-0.05, 0) is 52.7 Å². The SMILES string of the molecule is C1=CC2c3cc4c5ccccc5n(-c5nccc(-c6nc(-c7ccccc7)nc(-c7cccc8ccccc78)n6)n5)c4cc3N(c3ccccc3)C2C=C1. The predicted octanol–water partition coefficient (Wildman–Crippen LogP) is 10.6. The van der Waals surface area contributed by atoms with Crippen LogP contribution in [0, 0.1) is 0 Å². The molecule has 0 bridgehead atoms. The van der Waals surface area contributed by atoms with Gasteiger partial charge in [0.1, 0.15) is 5.69 Å². The summed E-state index contributed by atoms with van der Waals surface area (Å²) in [4.78, 5) is 27.7. The number of fused-ring (bicyclic) bond motifs is 7. The van der Waals surface area contributed by atoms with Crippen molar-refractivity contribution in [2.75, 3.05) is 4.90 Å². The van der Waals surface area contributed by atoms with Gasteiger partial charge in [0.05, 0.1) is 17.1 Å². The number of anilines is 2. The smallest absolute Gasteiger partial charge is 0.235 e. The summed E-state index contributed by atoms with van der Waals surface area (Å²) in [6.07, 6.45) is 10.8. The highest BCUT2D eigenvalue weighted by molar-refractivity contribution is 6.11. The third-order valence-electron chi connectivity index (χ3n) is 10.6. The van der Waals surface area contributed by atoms with E-state index in [4.69, 9.17) is 24.9 Å². The first-order valence-electron chi connectivity index (χ1n) is 18.2. The summed E-state index contributed by atoms with van der Waals surface area (Å²) in [5.41, 5.74) is 8.19. The quantitative estimate of drug-likeness (QED) is 0.179. The molecule has 7 nitrogen and oxygen atoms in total. The standard InChI is InChI=1S/C47H31N7/c1-3-15-31(16-4-1)44-50-45(36-23-13-17-30-14-7-8-20-33(30)36)52-46(51-44)39-26-27-48-47(49-39)54-41-25-12-10-22-35(41)38-28-37-34-21-9-11-24-40(34)53(42(37)29-43(38)54)32-18-5-2-6-19-32/h1-29,34,40H. The molecule has 0 spiro atoms. The number of nitrogens with zero attached hydrogens (tertiary/aromatic N) is 7. The molecule has 11 rings (SSSR count). The van der Waals surface area contributed by atoms with E-state index >= 15 is 0 Å². The van der Waals surface area contributed by atoms with Crippen LogP contribution >= 0.6 is 0 Å². The summed E-state index contributed by atoms with van der Waals surface area (Å²) in [7, 11) is 0. The van der Waals surface area contributed by atoms with Crippen molar-refractivity contribution in [2.45, 2.75) is 12.0 Å². The number of aromatic nitrogens is 6. The van der Waals surface area contributed by atoms with E-state index in [-0.39, 0.29) is 12.0 Å². The number of allylic oxidation sites excluding steroid dienone is 2. The van der Waals surface area contributed by atoms with Gasteiger partial charge in [-0.2, -0.15) is 0 Å². The molecule has 2 atom stereocenters. The van der Waals surface area contributed by atoms with E-state index < -0.39 is 0 Å². The first-order chi connectivity index (χ1) is 26.8. The monoisotopic (exact) mass is 693 g/mol. The second-order valence-electron chi connectivity index (χ2n) is 13.7. The molecule has 0 amide bonds. The van der Waals surface area contributed by atoms with Gasteiger partial charge in [0.15, 0.2) is 17.5 Å². The lowest BCUT2D eigenvalue weighted by Gasteiger charge is -2.28. The second-order valence-corrected chi connectivity index (χ2v) is 13.7. The molecule has 2 unspecified atom stereocenters. The molecule has 54 heavy (non-hydrogen) atoms. The number of benzene rings is 6. The van der Waals surface area contributed by atoms with Crippen molar-refractivity contribution in [3.8, 4) is 40.2 Å². The van der Waals surface area contributed by atoms with Gasteiger partial charge in [-0.25, -0.2) is 24.9 Å². The summed E-state index contributed by atoms with van der Waals surface area (Å²) >= 11 is 0. The minimum Gasteiger partial charge on any atom is -0.333 e. The van der Waals surface area contributed by atoms with Crippen LogP contribution in [0.4, 0.5) is 11.4 Å². The first kappa shape index (κ1) is 30.4. The van der Waals surface area contributed by atoms with Crippen molar-refractivity contribution in [1.29, 1.82) is 0 Å². The normalized spacial score (nSPS) is 16.0. The van der Waals surface area contributed by atoms with Crippen LogP contribution in [0.5, 0.6) is 0 Å². The maximum Gasteiger partial charge on any atom is 0.235 e. The molecule has 2 aliphatic rings. The lowest BCUT2D eigenvalue weighted by molar-refractivity contribution is 0.745. The Bertz CT molecular complexity index is 2960. The van der Waals surface area contributed by atoms with Crippen molar-refractivity contribution >= 4 is 44.0 Å². The van der Waals surface area contributed by atoms with Crippen molar-refractivity contribution in [3.05, 3.63) is 182 Å². The Morgan fingerprint density at radius 2 is 1.24 bits per heavy atom. The summed E-state index contributed by atoms with van der Waals surface area (Å²) in [6, 6.07) is 50.5. The molecule has 0 N–H and O–H groups in total. The van der Waals surface area contributed by atoms with E-state index in [0.29, 0.717) is 29.1 Å². The summed E-state index contributed by atoms with van der Waals surface area (Å²) in [6.45, 7) is 0. The van der Waals surface area contributed by atoms with Gasteiger partial charge in [-0.1, -0.05) is 133 Å². The third kappa shape index (κ3) is 4.79. The largest absolute Gasteiger partial charge is 0.333 e. The Hall–Kier alpha value is -7.25. The van der Waals surface area contributed by atoms with Crippen molar-refractivity contribution < 1.29 is 0 Å². The predicted molar refractivity (Wildman–Crippen MR) is 217 cm³/mol. The van der Waals surface area contributed by atoms with E-state index in [9.17, 15) is 0 Å². The van der Waals surface area contributed by atoms with E-state index in [1.165, 1.54) is 16.6 Å². The van der Waals surface area contributed by atoms with Gasteiger partial charge >= 0.3 is 0 Å². The zero-order chi connectivity index (χ0) is 35.6. The molecule has 0 saturated carbocycles.